The van der Waals surface area contributed by atoms with Crippen LogP contribution in [0.25, 0.3) is 11.1 Å². The molecule has 0 radical (unpaired) electrons. The Morgan fingerprint density at radius 2 is 1.85 bits per heavy atom. The molecule has 2 aromatic rings. The van der Waals surface area contributed by atoms with Crippen molar-refractivity contribution in [1.82, 2.24) is 10.2 Å². The third-order valence-electron chi connectivity index (χ3n) is 4.79. The minimum Gasteiger partial charge on any atom is -0.497 e. The Morgan fingerprint density at radius 3 is 2.59 bits per heavy atom. The van der Waals surface area contributed by atoms with Crippen molar-refractivity contribution in [1.29, 1.82) is 0 Å². The summed E-state index contributed by atoms with van der Waals surface area (Å²) in [5.74, 6) is 0.800. The maximum absolute atomic E-state index is 12.2. The van der Waals surface area contributed by atoms with Crippen molar-refractivity contribution >= 4 is 11.7 Å². The monoisotopic (exact) mass is 369 g/mol. The van der Waals surface area contributed by atoms with E-state index in [9.17, 15) is 9.90 Å². The van der Waals surface area contributed by atoms with Crippen LogP contribution in [0.5, 0.6) is 5.75 Å². The van der Waals surface area contributed by atoms with E-state index in [-0.39, 0.29) is 12.1 Å². The van der Waals surface area contributed by atoms with Gasteiger partial charge in [0.25, 0.3) is 0 Å². The lowest BCUT2D eigenvalue weighted by molar-refractivity contribution is 0.0833. The summed E-state index contributed by atoms with van der Waals surface area (Å²) in [4.78, 5) is 14.4. The smallest absolute Gasteiger partial charge is 0.319 e. The maximum Gasteiger partial charge on any atom is 0.319 e. The van der Waals surface area contributed by atoms with Gasteiger partial charge in [0, 0.05) is 31.9 Å². The largest absolute Gasteiger partial charge is 0.497 e. The number of hydrogen-bond donors (Lipinski definition) is 3. The fourth-order valence-corrected chi connectivity index (χ4v) is 3.22. The highest BCUT2D eigenvalue weighted by molar-refractivity contribution is 5.90. The summed E-state index contributed by atoms with van der Waals surface area (Å²) < 4.78 is 5.27. The predicted molar refractivity (Wildman–Crippen MR) is 107 cm³/mol. The first-order valence-electron chi connectivity index (χ1n) is 9.34. The van der Waals surface area contributed by atoms with Gasteiger partial charge in [0.05, 0.1) is 13.2 Å². The number of hydrogen-bond acceptors (Lipinski definition) is 4. The zero-order valence-corrected chi connectivity index (χ0v) is 15.6. The molecule has 0 aromatic heterocycles. The molecule has 2 aromatic carbocycles. The average Bonchev–Trinajstić information content (AvgIpc) is 2.70. The fourth-order valence-electron chi connectivity index (χ4n) is 3.22. The fraction of sp³-hybridized carbons (Fsp3) is 0.381. The van der Waals surface area contributed by atoms with E-state index in [1.807, 2.05) is 48.5 Å². The van der Waals surface area contributed by atoms with Gasteiger partial charge < -0.3 is 25.4 Å². The van der Waals surface area contributed by atoms with E-state index in [1.165, 1.54) is 0 Å². The van der Waals surface area contributed by atoms with Crippen LogP contribution in [0, 0.1) is 0 Å². The van der Waals surface area contributed by atoms with E-state index in [0.717, 1.165) is 55.0 Å². The summed E-state index contributed by atoms with van der Waals surface area (Å²) in [6.45, 7) is 3.14. The highest BCUT2D eigenvalue weighted by atomic mass is 16.5. The lowest BCUT2D eigenvalue weighted by atomic mass is 10.0. The summed E-state index contributed by atoms with van der Waals surface area (Å²) in [7, 11) is 1.65. The Balaban J connectivity index is 1.50. The third-order valence-corrected chi connectivity index (χ3v) is 4.79. The Kier molecular flexibility index (Phi) is 6.68. The van der Waals surface area contributed by atoms with Crippen molar-refractivity contribution in [3.8, 4) is 16.9 Å². The first-order chi connectivity index (χ1) is 13.1. The molecule has 0 saturated carbocycles. The lowest BCUT2D eigenvalue weighted by Crippen LogP contribution is -2.41. The van der Waals surface area contributed by atoms with Gasteiger partial charge >= 0.3 is 6.03 Å². The number of methoxy groups -OCH3 is 1. The topological polar surface area (TPSA) is 73.8 Å². The molecule has 0 atom stereocenters. The molecule has 0 unspecified atom stereocenters. The molecule has 1 aliphatic rings. The second kappa shape index (κ2) is 9.39. The van der Waals surface area contributed by atoms with Gasteiger partial charge in [-0.25, -0.2) is 4.79 Å². The Morgan fingerprint density at radius 1 is 1.15 bits per heavy atom. The van der Waals surface area contributed by atoms with E-state index in [0.29, 0.717) is 6.54 Å². The summed E-state index contributed by atoms with van der Waals surface area (Å²) in [6, 6.07) is 15.4. The van der Waals surface area contributed by atoms with E-state index in [2.05, 4.69) is 15.5 Å². The van der Waals surface area contributed by atoms with Gasteiger partial charge in [0.1, 0.15) is 5.75 Å². The SMILES string of the molecule is COc1cccc(-c2cccc(NC(=O)NCCN3CCC(O)CC3)c2)c1. The number of nitrogens with zero attached hydrogens (tertiary/aromatic N) is 1. The van der Waals surface area contributed by atoms with E-state index in [4.69, 9.17) is 4.74 Å². The van der Waals surface area contributed by atoms with E-state index in [1.54, 1.807) is 7.11 Å². The number of likely N-dealkylation sites (tertiary alicyclic amines) is 1. The molecule has 3 N–H and O–H groups in total. The second-order valence-electron chi connectivity index (χ2n) is 6.77. The molecule has 0 bridgehead atoms. The van der Waals surface area contributed by atoms with Gasteiger partial charge in [-0.1, -0.05) is 24.3 Å². The number of benzene rings is 2. The van der Waals surface area contributed by atoms with E-state index < -0.39 is 0 Å². The zero-order chi connectivity index (χ0) is 19.1. The van der Waals surface area contributed by atoms with Gasteiger partial charge in [-0.2, -0.15) is 0 Å². The Hall–Kier alpha value is -2.57. The molecular weight excluding hydrogens is 342 g/mol. The molecule has 1 fully saturated rings. The molecule has 27 heavy (non-hydrogen) atoms. The minimum atomic E-state index is -0.213. The summed E-state index contributed by atoms with van der Waals surface area (Å²) >= 11 is 0. The molecule has 6 nitrogen and oxygen atoms in total. The molecule has 6 heteroatoms. The van der Waals surface area contributed by atoms with Crippen LogP contribution in [0.15, 0.2) is 48.5 Å². The average molecular weight is 369 g/mol. The van der Waals surface area contributed by atoms with Crippen LogP contribution in [-0.4, -0.2) is 55.4 Å². The molecule has 2 amide bonds. The molecule has 1 heterocycles. The van der Waals surface area contributed by atoms with Crippen LogP contribution < -0.4 is 15.4 Å². The molecule has 0 aliphatic carbocycles. The Labute approximate surface area is 160 Å². The van der Waals surface area contributed by atoms with Crippen molar-refractivity contribution in [2.75, 3.05) is 38.6 Å². The number of aliphatic hydroxyl groups excluding tert-OH is 1. The van der Waals surface area contributed by atoms with Gasteiger partial charge in [0.15, 0.2) is 0 Å². The van der Waals surface area contributed by atoms with Crippen LogP contribution >= 0.6 is 0 Å². The third kappa shape index (κ3) is 5.70. The van der Waals surface area contributed by atoms with Crippen molar-refractivity contribution in [2.45, 2.75) is 18.9 Å². The molecule has 1 saturated heterocycles. The summed E-state index contributed by atoms with van der Waals surface area (Å²) in [6.07, 6.45) is 1.45. The van der Waals surface area contributed by atoms with Gasteiger partial charge in [0.2, 0.25) is 0 Å². The van der Waals surface area contributed by atoms with Gasteiger partial charge in [-0.15, -0.1) is 0 Å². The van der Waals surface area contributed by atoms with Crippen LogP contribution in [0.3, 0.4) is 0 Å². The summed E-state index contributed by atoms with van der Waals surface area (Å²) in [5, 5.41) is 15.3. The van der Waals surface area contributed by atoms with Crippen LogP contribution in [0.1, 0.15) is 12.8 Å². The van der Waals surface area contributed by atoms with Crippen LogP contribution in [0.2, 0.25) is 0 Å². The molecule has 1 aliphatic heterocycles. The lowest BCUT2D eigenvalue weighted by Gasteiger charge is -2.29. The highest BCUT2D eigenvalue weighted by Crippen LogP contribution is 2.25. The number of nitrogens with one attached hydrogen (secondary N) is 2. The standard InChI is InChI=1S/C21H27N3O3/c1-27-20-7-3-5-17(15-20)16-4-2-6-18(14-16)23-21(26)22-10-13-24-11-8-19(25)9-12-24/h2-7,14-15,19,25H,8-13H2,1H3,(H2,22,23,26). The number of urea groups is 1. The first kappa shape index (κ1) is 19.2. The number of piperidine rings is 1. The van der Waals surface area contributed by atoms with Crippen molar-refractivity contribution in [3.63, 3.8) is 0 Å². The number of aliphatic hydroxyl groups is 1. The van der Waals surface area contributed by atoms with Crippen molar-refractivity contribution in [3.05, 3.63) is 48.5 Å². The van der Waals surface area contributed by atoms with Gasteiger partial charge in [-0.05, 0) is 48.2 Å². The van der Waals surface area contributed by atoms with Crippen LogP contribution in [0.4, 0.5) is 10.5 Å². The normalized spacial score (nSPS) is 15.3. The number of carbonyl (C=O) groups excluding carboxylic acids is 1. The van der Waals surface area contributed by atoms with Crippen molar-refractivity contribution < 1.29 is 14.6 Å². The number of carbonyl (C=O) groups is 1. The van der Waals surface area contributed by atoms with Gasteiger partial charge in [-0.3, -0.25) is 0 Å². The number of anilines is 1. The maximum atomic E-state index is 12.2. The molecule has 0 spiro atoms. The van der Waals surface area contributed by atoms with E-state index >= 15 is 0 Å². The number of ether oxygens (including phenoxy) is 1. The molecule has 3 rings (SSSR count). The first-order valence-corrected chi connectivity index (χ1v) is 9.34. The minimum absolute atomic E-state index is 0.172. The second-order valence-corrected chi connectivity index (χ2v) is 6.77. The quantitative estimate of drug-likeness (QED) is 0.732. The molecule has 144 valence electrons. The predicted octanol–water partition coefficient (Wildman–Crippen LogP) is 2.94. The number of amides is 2. The molecular formula is C21H27N3O3. The van der Waals surface area contributed by atoms with Crippen LogP contribution in [-0.2, 0) is 0 Å². The Bertz CT molecular complexity index is 758. The summed E-state index contributed by atoms with van der Waals surface area (Å²) in [5.41, 5.74) is 2.79. The zero-order valence-electron chi connectivity index (χ0n) is 15.6. The highest BCUT2D eigenvalue weighted by Gasteiger charge is 2.16. The van der Waals surface area contributed by atoms with Crippen molar-refractivity contribution in [2.24, 2.45) is 0 Å². The number of rotatable bonds is 6.